The van der Waals surface area contributed by atoms with Crippen molar-refractivity contribution in [3.63, 3.8) is 0 Å². The number of rotatable bonds is 6. The van der Waals surface area contributed by atoms with Crippen molar-refractivity contribution < 1.29 is 22.7 Å². The third kappa shape index (κ3) is 3.96. The maximum atomic E-state index is 12.6. The second-order valence-electron chi connectivity index (χ2n) is 5.46. The van der Waals surface area contributed by atoms with Crippen LogP contribution in [0.2, 0.25) is 5.02 Å². The quantitative estimate of drug-likeness (QED) is 0.778. The number of carbonyl (C=O) groups is 1. The van der Waals surface area contributed by atoms with Crippen LogP contribution in [0.5, 0.6) is 11.5 Å². The predicted octanol–water partition coefficient (Wildman–Crippen LogP) is 3.23. The third-order valence-electron chi connectivity index (χ3n) is 3.58. The molecule has 0 saturated heterocycles. The lowest BCUT2D eigenvalue weighted by Crippen LogP contribution is -2.22. The molecule has 0 saturated carbocycles. The number of amides is 1. The van der Waals surface area contributed by atoms with Gasteiger partial charge in [0.2, 0.25) is 10.0 Å². The van der Waals surface area contributed by atoms with Gasteiger partial charge in [-0.2, -0.15) is 0 Å². The van der Waals surface area contributed by atoms with E-state index in [2.05, 4.69) is 5.32 Å². The minimum atomic E-state index is -3.62. The van der Waals surface area contributed by atoms with Gasteiger partial charge in [0, 0.05) is 31.1 Å². The molecular weight excluding hydrogens is 400 g/mol. The fourth-order valence-corrected chi connectivity index (χ4v) is 4.75. The first kappa shape index (κ1) is 20.5. The average molecular weight is 419 g/mol. The summed E-state index contributed by atoms with van der Waals surface area (Å²) < 4.78 is 36.1. The van der Waals surface area contributed by atoms with Gasteiger partial charge in [0.1, 0.15) is 11.5 Å². The van der Waals surface area contributed by atoms with E-state index in [0.717, 1.165) is 15.6 Å². The van der Waals surface area contributed by atoms with Gasteiger partial charge in [-0.3, -0.25) is 4.79 Å². The number of hydrogen-bond donors (Lipinski definition) is 1. The summed E-state index contributed by atoms with van der Waals surface area (Å²) in [5.74, 6) is 0.278. The van der Waals surface area contributed by atoms with Crippen LogP contribution in [0.25, 0.3) is 0 Å². The van der Waals surface area contributed by atoms with Crippen LogP contribution in [0.1, 0.15) is 14.5 Å². The molecule has 7 nitrogen and oxygen atoms in total. The van der Waals surface area contributed by atoms with Gasteiger partial charge in [0.25, 0.3) is 5.91 Å². The van der Waals surface area contributed by atoms with Crippen LogP contribution in [0.4, 0.5) is 5.69 Å². The molecule has 1 amide bonds. The standard InChI is InChI=1S/C16H19ClN2O5S2/c1-9-15(26(21,22)19(2)3)8-14(25-9)16(20)18-11-7-12(23-4)10(17)6-13(11)24-5/h6-8H,1-5H3,(H,18,20). The first-order chi connectivity index (χ1) is 12.1. The summed E-state index contributed by atoms with van der Waals surface area (Å²) in [4.78, 5) is 13.5. The Hall–Kier alpha value is -1.81. The molecule has 2 rings (SSSR count). The minimum Gasteiger partial charge on any atom is -0.495 e. The summed E-state index contributed by atoms with van der Waals surface area (Å²) in [6.45, 7) is 1.66. The summed E-state index contributed by atoms with van der Waals surface area (Å²) in [5.41, 5.74) is 0.363. The van der Waals surface area contributed by atoms with Crippen molar-refractivity contribution in [3.8, 4) is 11.5 Å². The summed E-state index contributed by atoms with van der Waals surface area (Å²) in [7, 11) is 2.17. The number of halogens is 1. The zero-order chi connectivity index (χ0) is 19.6. The third-order valence-corrected chi connectivity index (χ3v) is 6.99. The highest BCUT2D eigenvalue weighted by Gasteiger charge is 2.25. The number of anilines is 1. The molecule has 0 fully saturated rings. The number of nitrogens with zero attached hydrogens (tertiary/aromatic N) is 1. The van der Waals surface area contributed by atoms with E-state index in [1.54, 1.807) is 6.92 Å². The normalized spacial score (nSPS) is 11.5. The number of nitrogens with one attached hydrogen (secondary N) is 1. The Labute approximate surface area is 161 Å². The predicted molar refractivity (Wildman–Crippen MR) is 102 cm³/mol. The lowest BCUT2D eigenvalue weighted by atomic mass is 10.2. The van der Waals surface area contributed by atoms with Crippen LogP contribution in [-0.2, 0) is 10.0 Å². The van der Waals surface area contributed by atoms with E-state index in [1.165, 1.54) is 46.5 Å². The largest absolute Gasteiger partial charge is 0.495 e. The number of ether oxygens (including phenoxy) is 2. The van der Waals surface area contributed by atoms with Crippen LogP contribution < -0.4 is 14.8 Å². The van der Waals surface area contributed by atoms with Gasteiger partial charge in [0.15, 0.2) is 0 Å². The van der Waals surface area contributed by atoms with E-state index in [-0.39, 0.29) is 9.77 Å². The average Bonchev–Trinajstić information content (AvgIpc) is 2.98. The molecule has 0 aliphatic carbocycles. The first-order valence-electron chi connectivity index (χ1n) is 7.37. The maximum absolute atomic E-state index is 12.6. The SMILES string of the molecule is COc1cc(NC(=O)c2cc(S(=O)(=O)N(C)C)c(C)s2)c(OC)cc1Cl. The molecule has 1 N–H and O–H groups in total. The van der Waals surface area contributed by atoms with E-state index >= 15 is 0 Å². The molecule has 1 aromatic heterocycles. The number of benzene rings is 1. The molecule has 2 aromatic rings. The smallest absolute Gasteiger partial charge is 0.265 e. The van der Waals surface area contributed by atoms with Crippen LogP contribution >= 0.6 is 22.9 Å². The lowest BCUT2D eigenvalue weighted by molar-refractivity contribution is 0.103. The van der Waals surface area contributed by atoms with Crippen molar-refractivity contribution in [3.05, 3.63) is 33.0 Å². The molecule has 0 bridgehead atoms. The zero-order valence-electron chi connectivity index (χ0n) is 14.9. The molecular formula is C16H19ClN2O5S2. The van der Waals surface area contributed by atoms with Gasteiger partial charge in [-0.15, -0.1) is 11.3 Å². The zero-order valence-corrected chi connectivity index (χ0v) is 17.3. The van der Waals surface area contributed by atoms with Crippen LogP contribution in [0.15, 0.2) is 23.1 Å². The second-order valence-corrected chi connectivity index (χ2v) is 9.24. The van der Waals surface area contributed by atoms with Gasteiger partial charge in [0.05, 0.1) is 34.7 Å². The summed E-state index contributed by atoms with van der Waals surface area (Å²) in [5, 5.41) is 3.04. The van der Waals surface area contributed by atoms with Crippen molar-refractivity contribution in [1.29, 1.82) is 0 Å². The van der Waals surface area contributed by atoms with E-state index in [0.29, 0.717) is 27.1 Å². The highest BCUT2D eigenvalue weighted by molar-refractivity contribution is 7.89. The minimum absolute atomic E-state index is 0.110. The molecule has 142 valence electrons. The molecule has 0 spiro atoms. The maximum Gasteiger partial charge on any atom is 0.265 e. The molecule has 26 heavy (non-hydrogen) atoms. The molecule has 0 radical (unpaired) electrons. The van der Waals surface area contributed by atoms with Crippen molar-refractivity contribution in [2.75, 3.05) is 33.6 Å². The van der Waals surface area contributed by atoms with E-state index in [4.69, 9.17) is 21.1 Å². The monoisotopic (exact) mass is 418 g/mol. The fraction of sp³-hybridized carbons (Fsp3) is 0.312. The van der Waals surface area contributed by atoms with Crippen molar-refractivity contribution in [2.24, 2.45) is 0 Å². The molecule has 10 heteroatoms. The Balaban J connectivity index is 2.38. The molecule has 1 heterocycles. The molecule has 0 aliphatic heterocycles. The number of carbonyl (C=O) groups excluding carboxylic acids is 1. The highest BCUT2D eigenvalue weighted by atomic mass is 35.5. The van der Waals surface area contributed by atoms with Gasteiger partial charge in [-0.1, -0.05) is 11.6 Å². The second kappa shape index (κ2) is 7.83. The molecule has 0 atom stereocenters. The molecule has 0 unspecified atom stereocenters. The topological polar surface area (TPSA) is 84.9 Å². The number of sulfonamides is 1. The van der Waals surface area contributed by atoms with Gasteiger partial charge >= 0.3 is 0 Å². The van der Waals surface area contributed by atoms with Gasteiger partial charge < -0.3 is 14.8 Å². The van der Waals surface area contributed by atoms with Gasteiger partial charge in [-0.05, 0) is 13.0 Å². The first-order valence-corrected chi connectivity index (χ1v) is 10.0. The van der Waals surface area contributed by atoms with Crippen molar-refractivity contribution in [2.45, 2.75) is 11.8 Å². The lowest BCUT2D eigenvalue weighted by Gasteiger charge is -2.12. The summed E-state index contributed by atoms with van der Waals surface area (Å²) >= 11 is 7.15. The highest BCUT2D eigenvalue weighted by Crippen LogP contribution is 2.36. The number of thiophene rings is 1. The molecule has 0 aliphatic rings. The van der Waals surface area contributed by atoms with Crippen molar-refractivity contribution >= 4 is 44.6 Å². The Morgan fingerprint density at radius 3 is 2.31 bits per heavy atom. The van der Waals surface area contributed by atoms with Gasteiger partial charge in [-0.25, -0.2) is 12.7 Å². The van der Waals surface area contributed by atoms with E-state index in [1.807, 2.05) is 0 Å². The number of hydrogen-bond acceptors (Lipinski definition) is 6. The van der Waals surface area contributed by atoms with E-state index < -0.39 is 15.9 Å². The van der Waals surface area contributed by atoms with Crippen LogP contribution in [0, 0.1) is 6.92 Å². The van der Waals surface area contributed by atoms with Crippen LogP contribution in [0.3, 0.4) is 0 Å². The summed E-state index contributed by atoms with van der Waals surface area (Å²) in [6.07, 6.45) is 0. The Bertz CT molecular complexity index is 938. The van der Waals surface area contributed by atoms with Crippen molar-refractivity contribution in [1.82, 2.24) is 4.31 Å². The Kier molecular flexibility index (Phi) is 6.17. The Morgan fingerprint density at radius 2 is 1.77 bits per heavy atom. The number of aryl methyl sites for hydroxylation is 1. The fourth-order valence-electron chi connectivity index (χ4n) is 2.17. The number of methoxy groups -OCH3 is 2. The Morgan fingerprint density at radius 1 is 1.15 bits per heavy atom. The molecule has 1 aromatic carbocycles. The van der Waals surface area contributed by atoms with Crippen LogP contribution in [-0.4, -0.2) is 46.9 Å². The summed E-state index contributed by atoms with van der Waals surface area (Å²) in [6, 6.07) is 4.43. The van der Waals surface area contributed by atoms with E-state index in [9.17, 15) is 13.2 Å².